The first kappa shape index (κ1) is 32.4. The molecule has 1 amide bonds. The number of piperidine rings is 1. The van der Waals surface area contributed by atoms with Crippen molar-refractivity contribution in [2.75, 3.05) is 19.6 Å². The zero-order valence-electron chi connectivity index (χ0n) is 26.1. The first-order valence-corrected chi connectivity index (χ1v) is 16.3. The molecule has 8 heteroatoms. The molecular weight excluding hydrogens is 600 g/mol. The molecule has 0 aliphatic carbocycles. The molecule has 2 heterocycles. The van der Waals surface area contributed by atoms with Crippen molar-refractivity contribution in [1.82, 2.24) is 10.2 Å². The molecule has 2 saturated heterocycles. The molecular formula is C38H41ClN2O5. The summed E-state index contributed by atoms with van der Waals surface area (Å²) in [7, 11) is 0. The highest BCUT2D eigenvalue weighted by Crippen LogP contribution is 2.40. The molecule has 3 N–H and O–H groups in total. The van der Waals surface area contributed by atoms with Crippen molar-refractivity contribution in [2.24, 2.45) is 0 Å². The van der Waals surface area contributed by atoms with Gasteiger partial charge in [-0.1, -0.05) is 96.5 Å². The standard InChI is InChI=1S/C38H41ClN2O5/c1-26(43)40-23-31-4-2-3-5-35(31)28-10-12-30(13-11-28)37-45-34(22-36(46-37)29-8-6-27(25-42)7-9-29)24-41-20-18-38(44,19-21-41)32-14-16-33(39)17-15-32/h2-17,34,36-37,42,44H,18-25H2,1H3,(H,40,43)/t34-,36+,37+/m1/s1. The van der Waals surface area contributed by atoms with Gasteiger partial charge in [-0.25, -0.2) is 0 Å². The number of nitrogens with zero attached hydrogens (tertiary/aromatic N) is 1. The molecule has 0 radical (unpaired) electrons. The number of aliphatic hydroxyl groups is 2. The predicted molar refractivity (Wildman–Crippen MR) is 179 cm³/mol. The Labute approximate surface area is 275 Å². The minimum atomic E-state index is -0.861. The Morgan fingerprint density at radius 3 is 2.26 bits per heavy atom. The fourth-order valence-electron chi connectivity index (χ4n) is 6.47. The van der Waals surface area contributed by atoms with Crippen LogP contribution in [0.15, 0.2) is 97.1 Å². The van der Waals surface area contributed by atoms with Gasteiger partial charge in [-0.2, -0.15) is 0 Å². The number of carbonyl (C=O) groups excluding carboxylic acids is 1. The van der Waals surface area contributed by atoms with Crippen molar-refractivity contribution < 1.29 is 24.5 Å². The van der Waals surface area contributed by atoms with Crippen LogP contribution in [0.25, 0.3) is 11.1 Å². The summed E-state index contributed by atoms with van der Waals surface area (Å²) >= 11 is 6.08. The molecule has 6 rings (SSSR count). The van der Waals surface area contributed by atoms with Crippen LogP contribution in [0.5, 0.6) is 0 Å². The summed E-state index contributed by atoms with van der Waals surface area (Å²) in [6.07, 6.45) is 1.16. The van der Waals surface area contributed by atoms with Crippen LogP contribution >= 0.6 is 11.6 Å². The van der Waals surface area contributed by atoms with E-state index in [4.69, 9.17) is 21.1 Å². The van der Waals surface area contributed by atoms with Gasteiger partial charge in [0.2, 0.25) is 5.91 Å². The normalized spacial score (nSPS) is 21.5. The molecule has 0 unspecified atom stereocenters. The zero-order valence-corrected chi connectivity index (χ0v) is 26.8. The van der Waals surface area contributed by atoms with Crippen LogP contribution < -0.4 is 5.32 Å². The van der Waals surface area contributed by atoms with Crippen LogP contribution in [-0.2, 0) is 33.0 Å². The first-order chi connectivity index (χ1) is 22.3. The van der Waals surface area contributed by atoms with Gasteiger partial charge < -0.3 is 29.9 Å². The van der Waals surface area contributed by atoms with Crippen LogP contribution in [0.1, 0.15) is 66.4 Å². The van der Waals surface area contributed by atoms with E-state index in [0.717, 1.165) is 58.6 Å². The van der Waals surface area contributed by atoms with E-state index in [1.165, 1.54) is 6.92 Å². The summed E-state index contributed by atoms with van der Waals surface area (Å²) < 4.78 is 13.2. The minimum absolute atomic E-state index is 0.00220. The average Bonchev–Trinajstić information content (AvgIpc) is 3.09. The van der Waals surface area contributed by atoms with Crippen molar-refractivity contribution in [3.8, 4) is 11.1 Å². The lowest BCUT2D eigenvalue weighted by Crippen LogP contribution is -2.46. The summed E-state index contributed by atoms with van der Waals surface area (Å²) in [6.45, 7) is 4.23. The highest BCUT2D eigenvalue weighted by Gasteiger charge is 2.37. The second-order valence-electron chi connectivity index (χ2n) is 12.4. The van der Waals surface area contributed by atoms with E-state index in [1.807, 2.05) is 66.7 Å². The Hall–Kier alpha value is -3.56. The number of ether oxygens (including phenoxy) is 2. The third-order valence-electron chi connectivity index (χ3n) is 9.18. The summed E-state index contributed by atoms with van der Waals surface area (Å²) in [4.78, 5) is 13.9. The smallest absolute Gasteiger partial charge is 0.217 e. The monoisotopic (exact) mass is 640 g/mol. The Kier molecular flexibility index (Phi) is 10.2. The molecule has 2 aliphatic rings. The summed E-state index contributed by atoms with van der Waals surface area (Å²) in [6, 6.07) is 31.8. The van der Waals surface area contributed by atoms with Gasteiger partial charge in [0, 0.05) is 50.1 Å². The lowest BCUT2D eigenvalue weighted by molar-refractivity contribution is -0.253. The van der Waals surface area contributed by atoms with E-state index < -0.39 is 11.9 Å². The fraction of sp³-hybridized carbons (Fsp3) is 0.342. The van der Waals surface area contributed by atoms with Gasteiger partial charge in [0.25, 0.3) is 0 Å². The Bertz CT molecular complexity index is 1600. The molecule has 7 nitrogen and oxygen atoms in total. The van der Waals surface area contributed by atoms with E-state index in [2.05, 4.69) is 40.5 Å². The molecule has 0 spiro atoms. The third-order valence-corrected chi connectivity index (χ3v) is 9.43. The molecule has 4 aromatic rings. The maximum atomic E-state index is 11.5. The Balaban J connectivity index is 1.18. The predicted octanol–water partition coefficient (Wildman–Crippen LogP) is 6.66. The second-order valence-corrected chi connectivity index (χ2v) is 12.8. The third kappa shape index (κ3) is 7.69. The van der Waals surface area contributed by atoms with E-state index in [0.29, 0.717) is 30.8 Å². The van der Waals surface area contributed by atoms with Gasteiger partial charge in [-0.15, -0.1) is 0 Å². The maximum absolute atomic E-state index is 11.5. The van der Waals surface area contributed by atoms with E-state index in [-0.39, 0.29) is 24.7 Å². The number of halogens is 1. The number of hydrogen-bond acceptors (Lipinski definition) is 6. The van der Waals surface area contributed by atoms with Gasteiger partial charge in [-0.3, -0.25) is 4.79 Å². The molecule has 0 bridgehead atoms. The molecule has 2 fully saturated rings. The van der Waals surface area contributed by atoms with Crippen molar-refractivity contribution in [2.45, 2.75) is 63.4 Å². The number of rotatable bonds is 9. The van der Waals surface area contributed by atoms with Crippen molar-refractivity contribution in [3.63, 3.8) is 0 Å². The lowest BCUT2D eigenvalue weighted by Gasteiger charge is -2.42. The lowest BCUT2D eigenvalue weighted by atomic mass is 9.84. The van der Waals surface area contributed by atoms with Gasteiger partial charge >= 0.3 is 0 Å². The summed E-state index contributed by atoms with van der Waals surface area (Å²) in [5, 5.41) is 24.5. The molecule has 2 aliphatic heterocycles. The highest BCUT2D eigenvalue weighted by atomic mass is 35.5. The van der Waals surface area contributed by atoms with Gasteiger partial charge in [0.15, 0.2) is 6.29 Å². The van der Waals surface area contributed by atoms with E-state index in [9.17, 15) is 15.0 Å². The number of aliphatic hydroxyl groups excluding tert-OH is 1. The van der Waals surface area contributed by atoms with Crippen molar-refractivity contribution >= 4 is 17.5 Å². The number of likely N-dealkylation sites (tertiary alicyclic amines) is 1. The summed E-state index contributed by atoms with van der Waals surface area (Å²) in [5.74, 6) is -0.0614. The number of nitrogens with one attached hydrogen (secondary N) is 1. The number of hydrogen-bond donors (Lipinski definition) is 3. The molecule has 240 valence electrons. The number of benzene rings is 4. The maximum Gasteiger partial charge on any atom is 0.217 e. The quantitative estimate of drug-likeness (QED) is 0.189. The van der Waals surface area contributed by atoms with E-state index >= 15 is 0 Å². The fourth-order valence-corrected chi connectivity index (χ4v) is 6.60. The largest absolute Gasteiger partial charge is 0.392 e. The first-order valence-electron chi connectivity index (χ1n) is 15.9. The molecule has 0 aromatic heterocycles. The topological polar surface area (TPSA) is 91.3 Å². The van der Waals surface area contributed by atoms with Crippen LogP contribution in [0.3, 0.4) is 0 Å². The number of carbonyl (C=O) groups is 1. The SMILES string of the molecule is CC(=O)NCc1ccccc1-c1ccc([C@H]2O[C@@H](CN3CCC(O)(c4ccc(Cl)cc4)CC3)C[C@@H](c3ccc(CO)cc3)O2)cc1. The van der Waals surface area contributed by atoms with Crippen molar-refractivity contribution in [1.29, 1.82) is 0 Å². The Morgan fingerprint density at radius 1 is 0.913 bits per heavy atom. The molecule has 4 aromatic carbocycles. The number of amides is 1. The van der Waals surface area contributed by atoms with Crippen LogP contribution in [-0.4, -0.2) is 46.8 Å². The Morgan fingerprint density at radius 2 is 1.59 bits per heavy atom. The van der Waals surface area contributed by atoms with Gasteiger partial charge in [0.1, 0.15) is 0 Å². The molecule has 3 atom stereocenters. The second kappa shape index (κ2) is 14.5. The zero-order chi connectivity index (χ0) is 32.1. The average molecular weight is 641 g/mol. The van der Waals surface area contributed by atoms with Gasteiger partial charge in [-0.05, 0) is 58.4 Å². The molecule has 46 heavy (non-hydrogen) atoms. The van der Waals surface area contributed by atoms with E-state index in [1.54, 1.807) is 0 Å². The minimum Gasteiger partial charge on any atom is -0.392 e. The van der Waals surface area contributed by atoms with Crippen LogP contribution in [0, 0.1) is 0 Å². The highest BCUT2D eigenvalue weighted by molar-refractivity contribution is 6.30. The van der Waals surface area contributed by atoms with Crippen LogP contribution in [0.4, 0.5) is 0 Å². The van der Waals surface area contributed by atoms with Gasteiger partial charge in [0.05, 0.1) is 24.4 Å². The molecule has 0 saturated carbocycles. The van der Waals surface area contributed by atoms with Crippen molar-refractivity contribution in [3.05, 3.63) is 130 Å². The summed E-state index contributed by atoms with van der Waals surface area (Å²) in [5.41, 5.74) is 6.05. The van der Waals surface area contributed by atoms with Crippen LogP contribution in [0.2, 0.25) is 5.02 Å².